The van der Waals surface area contributed by atoms with Crippen molar-refractivity contribution in [3.05, 3.63) is 18.0 Å². The highest BCUT2D eigenvalue weighted by Crippen LogP contribution is 2.33. The molecule has 2 fully saturated rings. The third-order valence-electron chi connectivity index (χ3n) is 4.56. The monoisotopic (exact) mass is 291 g/mol. The highest BCUT2D eigenvalue weighted by Gasteiger charge is 2.30. The van der Waals surface area contributed by atoms with E-state index >= 15 is 0 Å². The average Bonchev–Trinajstić information content (AvgIpc) is 3.02. The minimum absolute atomic E-state index is 0.116. The number of hydrogen-bond donors (Lipinski definition) is 2. The fraction of sp³-hybridized carbons (Fsp3) is 0.733. The Labute approximate surface area is 125 Å². The second-order valence-electron chi connectivity index (χ2n) is 6.19. The summed E-state index contributed by atoms with van der Waals surface area (Å²) >= 11 is 0. The van der Waals surface area contributed by atoms with Gasteiger partial charge in [0, 0.05) is 44.4 Å². The van der Waals surface area contributed by atoms with Gasteiger partial charge in [0.15, 0.2) is 5.96 Å². The summed E-state index contributed by atoms with van der Waals surface area (Å²) in [4.78, 5) is 4.44. The van der Waals surface area contributed by atoms with E-state index in [1.807, 2.05) is 24.1 Å². The number of aryl methyl sites for hydroxylation is 1. The largest absolute Gasteiger partial charge is 0.373 e. The van der Waals surface area contributed by atoms with E-state index in [0.717, 1.165) is 37.6 Å². The molecule has 1 aromatic rings. The van der Waals surface area contributed by atoms with E-state index in [-0.39, 0.29) is 6.10 Å². The number of ether oxygens (including phenoxy) is 1. The summed E-state index contributed by atoms with van der Waals surface area (Å²) < 4.78 is 7.66. The zero-order chi connectivity index (χ0) is 14.7. The average molecular weight is 291 g/mol. The molecule has 1 aliphatic heterocycles. The highest BCUT2D eigenvalue weighted by atomic mass is 16.5. The standard InChI is InChI=1S/C15H25N5O/c1-20-10-13(9-19-20)14-12(5-6-21-14)8-18-15(16)17-7-11-3-2-4-11/h9-12,14H,2-8H2,1H3,(H3,16,17,18)/t12-,14+/m0/s1. The van der Waals surface area contributed by atoms with Gasteiger partial charge in [-0.25, -0.2) is 0 Å². The quantitative estimate of drug-likeness (QED) is 0.631. The van der Waals surface area contributed by atoms with Crippen molar-refractivity contribution < 1.29 is 4.74 Å². The van der Waals surface area contributed by atoms with Crippen LogP contribution in [0.25, 0.3) is 0 Å². The smallest absolute Gasteiger partial charge is 0.188 e. The van der Waals surface area contributed by atoms with Gasteiger partial charge in [-0.05, 0) is 25.2 Å². The van der Waals surface area contributed by atoms with Gasteiger partial charge < -0.3 is 15.8 Å². The molecule has 0 bridgehead atoms. The number of aliphatic imine (C=N–C) groups is 1. The fourth-order valence-corrected chi connectivity index (χ4v) is 2.99. The Kier molecular flexibility index (Phi) is 4.43. The Morgan fingerprint density at radius 2 is 2.38 bits per heavy atom. The Balaban J connectivity index is 1.49. The fourth-order valence-electron chi connectivity index (χ4n) is 2.99. The van der Waals surface area contributed by atoms with Crippen LogP contribution in [0.3, 0.4) is 0 Å². The maximum Gasteiger partial charge on any atom is 0.188 e. The van der Waals surface area contributed by atoms with Crippen LogP contribution in [0.4, 0.5) is 0 Å². The number of aromatic nitrogens is 2. The van der Waals surface area contributed by atoms with Crippen LogP contribution in [0.2, 0.25) is 0 Å². The van der Waals surface area contributed by atoms with Crippen LogP contribution in [-0.4, -0.2) is 35.4 Å². The number of nitrogens with two attached hydrogens (primary N) is 1. The summed E-state index contributed by atoms with van der Waals surface area (Å²) in [6.07, 6.45) is 9.02. The van der Waals surface area contributed by atoms with E-state index in [1.54, 1.807) is 0 Å². The molecule has 3 rings (SSSR count). The molecule has 0 radical (unpaired) electrons. The van der Waals surface area contributed by atoms with Gasteiger partial charge in [0.2, 0.25) is 0 Å². The Bertz CT molecular complexity index is 494. The molecule has 1 saturated heterocycles. The number of rotatable bonds is 5. The molecule has 0 unspecified atom stereocenters. The molecular formula is C15H25N5O. The minimum Gasteiger partial charge on any atom is -0.373 e. The van der Waals surface area contributed by atoms with Gasteiger partial charge in [-0.2, -0.15) is 5.10 Å². The van der Waals surface area contributed by atoms with E-state index in [4.69, 9.17) is 10.5 Å². The lowest BCUT2D eigenvalue weighted by molar-refractivity contribution is 0.0915. The molecular weight excluding hydrogens is 266 g/mol. The Hall–Kier alpha value is -1.56. The first-order valence-electron chi connectivity index (χ1n) is 7.86. The SMILES string of the molecule is Cn1cc([C@@H]2OCC[C@H]2CNC(N)=NCC2CCC2)cn1. The Morgan fingerprint density at radius 1 is 1.52 bits per heavy atom. The van der Waals surface area contributed by atoms with Crippen molar-refractivity contribution in [3.8, 4) is 0 Å². The van der Waals surface area contributed by atoms with Crippen molar-refractivity contribution in [1.29, 1.82) is 0 Å². The van der Waals surface area contributed by atoms with Crippen molar-refractivity contribution >= 4 is 5.96 Å². The number of nitrogens with zero attached hydrogens (tertiary/aromatic N) is 3. The van der Waals surface area contributed by atoms with Gasteiger partial charge in [0.25, 0.3) is 0 Å². The molecule has 0 amide bonds. The van der Waals surface area contributed by atoms with Crippen molar-refractivity contribution in [3.63, 3.8) is 0 Å². The van der Waals surface area contributed by atoms with Crippen LogP contribution >= 0.6 is 0 Å². The molecule has 0 aromatic carbocycles. The second-order valence-corrected chi connectivity index (χ2v) is 6.19. The molecule has 3 N–H and O–H groups in total. The first kappa shape index (κ1) is 14.4. The molecule has 2 heterocycles. The van der Waals surface area contributed by atoms with Crippen LogP contribution in [-0.2, 0) is 11.8 Å². The van der Waals surface area contributed by atoms with Crippen LogP contribution in [0.15, 0.2) is 17.4 Å². The van der Waals surface area contributed by atoms with Crippen LogP contribution in [0.1, 0.15) is 37.4 Å². The van der Waals surface area contributed by atoms with Crippen molar-refractivity contribution in [1.82, 2.24) is 15.1 Å². The van der Waals surface area contributed by atoms with Gasteiger partial charge >= 0.3 is 0 Å². The molecule has 21 heavy (non-hydrogen) atoms. The summed E-state index contributed by atoms with van der Waals surface area (Å²) in [5, 5.41) is 7.48. The lowest BCUT2D eigenvalue weighted by Gasteiger charge is -2.23. The molecule has 6 nitrogen and oxygen atoms in total. The van der Waals surface area contributed by atoms with Crippen molar-refractivity contribution in [2.45, 2.75) is 31.8 Å². The summed E-state index contributed by atoms with van der Waals surface area (Å²) in [7, 11) is 1.93. The lowest BCUT2D eigenvalue weighted by Crippen LogP contribution is -2.36. The molecule has 1 aromatic heterocycles. The number of hydrogen-bond acceptors (Lipinski definition) is 3. The lowest BCUT2D eigenvalue weighted by atomic mass is 9.86. The zero-order valence-corrected chi connectivity index (χ0v) is 12.7. The first-order chi connectivity index (χ1) is 10.2. The van der Waals surface area contributed by atoms with Gasteiger partial charge in [0.1, 0.15) is 0 Å². The van der Waals surface area contributed by atoms with Gasteiger partial charge in [-0.15, -0.1) is 0 Å². The van der Waals surface area contributed by atoms with Crippen molar-refractivity contribution in [2.24, 2.45) is 29.6 Å². The van der Waals surface area contributed by atoms with E-state index in [1.165, 1.54) is 19.3 Å². The molecule has 2 aliphatic rings. The molecule has 2 atom stereocenters. The normalized spacial score (nSPS) is 26.8. The van der Waals surface area contributed by atoms with Crippen LogP contribution in [0.5, 0.6) is 0 Å². The van der Waals surface area contributed by atoms with E-state index in [9.17, 15) is 0 Å². The maximum atomic E-state index is 5.95. The van der Waals surface area contributed by atoms with Gasteiger partial charge in [-0.3, -0.25) is 9.67 Å². The predicted octanol–water partition coefficient (Wildman–Crippen LogP) is 1.20. The van der Waals surface area contributed by atoms with Gasteiger partial charge in [-0.1, -0.05) is 6.42 Å². The third-order valence-corrected chi connectivity index (χ3v) is 4.56. The topological polar surface area (TPSA) is 77.5 Å². The molecule has 116 valence electrons. The summed E-state index contributed by atoms with van der Waals surface area (Å²) in [5.74, 6) is 1.74. The summed E-state index contributed by atoms with van der Waals surface area (Å²) in [6, 6.07) is 0. The van der Waals surface area contributed by atoms with E-state index in [2.05, 4.69) is 15.4 Å². The van der Waals surface area contributed by atoms with Gasteiger partial charge in [0.05, 0.1) is 12.3 Å². The first-order valence-corrected chi connectivity index (χ1v) is 7.86. The van der Waals surface area contributed by atoms with E-state index in [0.29, 0.717) is 11.9 Å². The van der Waals surface area contributed by atoms with Crippen molar-refractivity contribution in [2.75, 3.05) is 19.7 Å². The molecule has 6 heteroatoms. The third kappa shape index (κ3) is 3.56. The minimum atomic E-state index is 0.116. The van der Waals surface area contributed by atoms with Crippen LogP contribution in [0, 0.1) is 11.8 Å². The number of nitrogens with one attached hydrogen (secondary N) is 1. The molecule has 1 saturated carbocycles. The van der Waals surface area contributed by atoms with Crippen LogP contribution < -0.4 is 11.1 Å². The predicted molar refractivity (Wildman–Crippen MR) is 81.8 cm³/mol. The van der Waals surface area contributed by atoms with E-state index < -0.39 is 0 Å². The highest BCUT2D eigenvalue weighted by molar-refractivity contribution is 5.77. The zero-order valence-electron chi connectivity index (χ0n) is 12.7. The summed E-state index contributed by atoms with van der Waals surface area (Å²) in [5.41, 5.74) is 7.09. The summed E-state index contributed by atoms with van der Waals surface area (Å²) in [6.45, 7) is 2.47. The molecule has 1 aliphatic carbocycles. The molecule has 0 spiro atoms. The Morgan fingerprint density at radius 3 is 3.05 bits per heavy atom. The second kappa shape index (κ2) is 6.47. The maximum absolute atomic E-state index is 5.95. The number of guanidine groups is 1.